The van der Waals surface area contributed by atoms with Crippen LogP contribution >= 0.6 is 0 Å². The first-order valence-corrected chi connectivity index (χ1v) is 13.3. The number of hydrogen-bond donors (Lipinski definition) is 5. The fourth-order valence-corrected chi connectivity index (χ4v) is 3.72. The van der Waals surface area contributed by atoms with Crippen molar-refractivity contribution in [1.82, 2.24) is 0 Å². The van der Waals surface area contributed by atoms with Crippen LogP contribution in [-0.4, -0.2) is 82.2 Å². The van der Waals surface area contributed by atoms with Gasteiger partial charge < -0.3 is 20.1 Å². The van der Waals surface area contributed by atoms with Crippen LogP contribution < -0.4 is 0 Å². The van der Waals surface area contributed by atoms with Gasteiger partial charge in [-0.15, -0.1) is 0 Å². The molecule has 2 atom stereocenters. The van der Waals surface area contributed by atoms with Gasteiger partial charge in [-0.3, -0.25) is 28.3 Å². The van der Waals surface area contributed by atoms with Gasteiger partial charge in [0.25, 0.3) is 20.2 Å². The molecule has 0 aromatic heterocycles. The lowest BCUT2D eigenvalue weighted by molar-refractivity contribution is -0.147. The molecular formula is C18H32O14S2. The molecule has 5 N–H and O–H groups in total. The van der Waals surface area contributed by atoms with Gasteiger partial charge >= 0.3 is 23.9 Å². The topological polar surface area (TPSA) is 247 Å². The highest BCUT2D eigenvalue weighted by Gasteiger charge is 2.35. The number of carboxylic acid groups (broad SMARTS) is 3. The fourth-order valence-electron chi connectivity index (χ4n) is 2.45. The molecule has 0 radical (unpaired) electrons. The monoisotopic (exact) mass is 536 g/mol. The van der Waals surface area contributed by atoms with Crippen molar-refractivity contribution in [2.75, 3.05) is 6.61 Å². The summed E-state index contributed by atoms with van der Waals surface area (Å²) in [4.78, 5) is 42.0. The highest BCUT2D eigenvalue weighted by Crippen LogP contribution is 2.10. The normalized spacial score (nSPS) is 13.1. The molecule has 0 aliphatic heterocycles. The van der Waals surface area contributed by atoms with Gasteiger partial charge in [0.1, 0.15) is 0 Å². The van der Waals surface area contributed by atoms with Gasteiger partial charge in [0.05, 0.1) is 19.4 Å². The van der Waals surface area contributed by atoms with Gasteiger partial charge in [0.15, 0.2) is 10.5 Å². The third-order valence-corrected chi connectivity index (χ3v) is 6.39. The standard InChI is InChI=1S/C14H26O7S.C4H6O7S/c1-2-3-4-5-6-7-8-9-10-21-14(17)12(11-13(15)16)22(18,19)20;5-3(6)1-2(4(7)8)12(9,10)11/h12H,2-11H2,1H3,(H,15,16)(H,18,19,20);2H,1H2,(H,5,6)(H,7,8)(H,9,10,11). The van der Waals surface area contributed by atoms with Gasteiger partial charge in [0, 0.05) is 0 Å². The molecule has 200 valence electrons. The van der Waals surface area contributed by atoms with Crippen LogP contribution in [0, 0.1) is 0 Å². The van der Waals surface area contributed by atoms with Crippen molar-refractivity contribution in [3.05, 3.63) is 0 Å². The van der Waals surface area contributed by atoms with Gasteiger partial charge in [-0.2, -0.15) is 16.8 Å². The Labute approximate surface area is 197 Å². The molecular weight excluding hydrogens is 504 g/mol. The minimum absolute atomic E-state index is 0.0272. The average Bonchev–Trinajstić information content (AvgIpc) is 2.67. The lowest BCUT2D eigenvalue weighted by atomic mass is 10.1. The molecule has 34 heavy (non-hydrogen) atoms. The number of carbonyl (C=O) groups excluding carboxylic acids is 1. The Bertz CT molecular complexity index is 863. The molecule has 0 rings (SSSR count). The summed E-state index contributed by atoms with van der Waals surface area (Å²) in [5, 5.41) is 20.4. The van der Waals surface area contributed by atoms with Gasteiger partial charge in [-0.25, -0.2) is 0 Å². The third-order valence-electron chi connectivity index (χ3n) is 4.22. The molecule has 0 aromatic rings. The molecule has 0 spiro atoms. The van der Waals surface area contributed by atoms with Crippen LogP contribution in [0.4, 0.5) is 0 Å². The Morgan fingerprint density at radius 3 is 1.38 bits per heavy atom. The van der Waals surface area contributed by atoms with E-state index in [9.17, 15) is 36.0 Å². The minimum Gasteiger partial charge on any atom is -0.481 e. The lowest BCUT2D eigenvalue weighted by Gasteiger charge is -2.11. The zero-order valence-corrected chi connectivity index (χ0v) is 20.3. The summed E-state index contributed by atoms with van der Waals surface area (Å²) < 4.78 is 64.2. The van der Waals surface area contributed by atoms with Crippen molar-refractivity contribution in [3.63, 3.8) is 0 Å². The van der Waals surface area contributed by atoms with E-state index < -0.39 is 67.5 Å². The van der Waals surface area contributed by atoms with E-state index in [0.29, 0.717) is 6.42 Å². The van der Waals surface area contributed by atoms with Crippen LogP contribution in [0.3, 0.4) is 0 Å². The molecule has 0 fully saturated rings. The molecule has 0 heterocycles. The highest BCUT2D eigenvalue weighted by molar-refractivity contribution is 7.87. The summed E-state index contributed by atoms with van der Waals surface area (Å²) in [7, 11) is -9.61. The van der Waals surface area contributed by atoms with Crippen LogP contribution in [0.15, 0.2) is 0 Å². The smallest absolute Gasteiger partial charge is 0.327 e. The maximum atomic E-state index is 11.5. The number of carbonyl (C=O) groups is 4. The summed E-state index contributed by atoms with van der Waals surface area (Å²) in [5.74, 6) is -6.21. The molecule has 14 nitrogen and oxygen atoms in total. The number of aliphatic carboxylic acids is 3. The van der Waals surface area contributed by atoms with Crippen molar-refractivity contribution >= 4 is 44.1 Å². The van der Waals surface area contributed by atoms with E-state index in [-0.39, 0.29) is 6.61 Å². The van der Waals surface area contributed by atoms with Gasteiger partial charge in [-0.05, 0) is 6.42 Å². The Kier molecular flexibility index (Phi) is 17.1. The second-order valence-corrected chi connectivity index (χ2v) is 10.4. The molecule has 0 aliphatic rings. The lowest BCUT2D eigenvalue weighted by Crippen LogP contribution is -2.34. The summed E-state index contributed by atoms with van der Waals surface area (Å²) in [6.07, 6.45) is 6.23. The Morgan fingerprint density at radius 2 is 1.06 bits per heavy atom. The van der Waals surface area contributed by atoms with E-state index in [1.54, 1.807) is 0 Å². The number of hydrogen-bond acceptors (Lipinski definition) is 9. The van der Waals surface area contributed by atoms with E-state index in [2.05, 4.69) is 6.92 Å². The summed E-state index contributed by atoms with van der Waals surface area (Å²) in [5.41, 5.74) is 0. The molecule has 0 aliphatic carbocycles. The summed E-state index contributed by atoms with van der Waals surface area (Å²) in [6, 6.07) is 0. The highest BCUT2D eigenvalue weighted by atomic mass is 32.2. The zero-order valence-electron chi connectivity index (χ0n) is 18.7. The number of unbranched alkanes of at least 4 members (excludes halogenated alkanes) is 7. The van der Waals surface area contributed by atoms with Crippen molar-refractivity contribution in [2.45, 2.75) is 81.6 Å². The van der Waals surface area contributed by atoms with E-state index in [1.165, 1.54) is 25.7 Å². The Morgan fingerprint density at radius 1 is 0.676 bits per heavy atom. The van der Waals surface area contributed by atoms with Gasteiger partial charge in [-0.1, -0.05) is 51.9 Å². The van der Waals surface area contributed by atoms with E-state index in [4.69, 9.17) is 29.2 Å². The van der Waals surface area contributed by atoms with Crippen LogP contribution in [0.5, 0.6) is 0 Å². The van der Waals surface area contributed by atoms with Crippen LogP contribution in [-0.2, 0) is 44.2 Å². The SMILES string of the molecule is CCCCCCCCCCOC(=O)C(CC(=O)O)S(=O)(=O)O.O=C(O)CC(C(=O)O)S(=O)(=O)O. The van der Waals surface area contributed by atoms with E-state index in [1.807, 2.05) is 0 Å². The largest absolute Gasteiger partial charge is 0.481 e. The summed E-state index contributed by atoms with van der Waals surface area (Å²) in [6.45, 7) is 2.18. The van der Waals surface area contributed by atoms with Crippen molar-refractivity contribution < 1.29 is 65.2 Å². The van der Waals surface area contributed by atoms with Crippen LogP contribution in [0.2, 0.25) is 0 Å². The number of ether oxygens (including phenoxy) is 1. The molecule has 0 amide bonds. The fraction of sp³-hybridized carbons (Fsp3) is 0.778. The quantitative estimate of drug-likeness (QED) is 0.0995. The van der Waals surface area contributed by atoms with Crippen LogP contribution in [0.1, 0.15) is 71.1 Å². The third kappa shape index (κ3) is 18.2. The minimum atomic E-state index is -4.84. The average molecular weight is 537 g/mol. The molecule has 0 bridgehead atoms. The van der Waals surface area contributed by atoms with Crippen molar-refractivity contribution in [1.29, 1.82) is 0 Å². The maximum absolute atomic E-state index is 11.5. The molecule has 0 aromatic carbocycles. The first-order valence-electron chi connectivity index (χ1n) is 10.3. The second-order valence-electron chi connectivity index (χ2n) is 7.18. The first-order chi connectivity index (χ1) is 15.5. The number of rotatable bonds is 17. The van der Waals surface area contributed by atoms with Gasteiger partial charge in [0.2, 0.25) is 0 Å². The molecule has 2 unspecified atom stereocenters. The first kappa shape index (κ1) is 33.9. The van der Waals surface area contributed by atoms with Crippen LogP contribution in [0.25, 0.3) is 0 Å². The van der Waals surface area contributed by atoms with Crippen molar-refractivity contribution in [2.24, 2.45) is 0 Å². The molecule has 16 heteroatoms. The van der Waals surface area contributed by atoms with E-state index >= 15 is 0 Å². The Balaban J connectivity index is 0. The molecule has 0 saturated carbocycles. The number of esters is 1. The zero-order chi connectivity index (χ0) is 26.9. The number of carboxylic acids is 3. The molecule has 0 saturated heterocycles. The van der Waals surface area contributed by atoms with E-state index in [0.717, 1.165) is 19.3 Å². The maximum Gasteiger partial charge on any atom is 0.327 e. The predicted octanol–water partition coefficient (Wildman–Crippen LogP) is 1.20. The predicted molar refractivity (Wildman–Crippen MR) is 116 cm³/mol. The Hall–Kier alpha value is -2.30. The summed E-state index contributed by atoms with van der Waals surface area (Å²) >= 11 is 0. The second kappa shape index (κ2) is 17.2. The van der Waals surface area contributed by atoms with Crippen molar-refractivity contribution in [3.8, 4) is 0 Å².